The van der Waals surface area contributed by atoms with Crippen LogP contribution in [0.25, 0.3) is 0 Å². The number of aromatic amines is 1. The Morgan fingerprint density at radius 2 is 2.12 bits per heavy atom. The monoisotopic (exact) mass is 235 g/mol. The molecule has 1 aromatic rings. The molecule has 1 aliphatic rings. The van der Waals surface area contributed by atoms with E-state index >= 15 is 0 Å². The zero-order valence-corrected chi connectivity index (χ0v) is 10.8. The minimum atomic E-state index is -0.122. The maximum atomic E-state index is 11.9. The zero-order chi connectivity index (χ0) is 12.7. The van der Waals surface area contributed by atoms with Crippen LogP contribution in [-0.2, 0) is 11.8 Å². The molecular weight excluding hydrogens is 214 g/mol. The molecule has 0 radical (unpaired) electrons. The van der Waals surface area contributed by atoms with Gasteiger partial charge in [0.15, 0.2) is 0 Å². The molecule has 0 aromatic carbocycles. The topological polar surface area (TPSA) is 71.8 Å². The molecule has 0 amide bonds. The molecule has 0 spiro atoms. The molecule has 3 N–H and O–H groups in total. The average Bonchev–Trinajstić information content (AvgIpc) is 2.94. The molecule has 4 nitrogen and oxygen atoms in total. The number of nitrogens with zero attached hydrogens (tertiary/aromatic N) is 1. The first-order valence-corrected chi connectivity index (χ1v) is 6.18. The van der Waals surface area contributed by atoms with Crippen molar-refractivity contribution in [2.45, 2.75) is 57.4 Å². The Balaban J connectivity index is 2.12. The van der Waals surface area contributed by atoms with Crippen LogP contribution < -0.4 is 11.3 Å². The fourth-order valence-electron chi connectivity index (χ4n) is 1.77. The lowest BCUT2D eigenvalue weighted by Crippen LogP contribution is -2.26. The highest BCUT2D eigenvalue weighted by Crippen LogP contribution is 2.36. The summed E-state index contributed by atoms with van der Waals surface area (Å²) in [5.41, 5.74) is 6.61. The zero-order valence-electron chi connectivity index (χ0n) is 10.8. The Morgan fingerprint density at radius 3 is 2.59 bits per heavy atom. The predicted octanol–water partition coefficient (Wildman–Crippen LogP) is 1.49. The maximum absolute atomic E-state index is 11.9. The molecule has 1 saturated carbocycles. The van der Waals surface area contributed by atoms with Gasteiger partial charge < -0.3 is 10.7 Å². The van der Waals surface area contributed by atoms with Gasteiger partial charge in [0.25, 0.3) is 5.56 Å². The van der Waals surface area contributed by atoms with Crippen molar-refractivity contribution in [1.82, 2.24) is 9.97 Å². The number of nitrogens with two attached hydrogens (primary N) is 1. The van der Waals surface area contributed by atoms with Crippen LogP contribution in [0.5, 0.6) is 0 Å². The summed E-state index contributed by atoms with van der Waals surface area (Å²) in [4.78, 5) is 19.1. The van der Waals surface area contributed by atoms with Crippen molar-refractivity contribution in [1.29, 1.82) is 0 Å². The average molecular weight is 235 g/mol. The summed E-state index contributed by atoms with van der Waals surface area (Å²) in [5.74, 6) is 0.736. The number of aromatic nitrogens is 2. The highest BCUT2D eigenvalue weighted by molar-refractivity contribution is 5.12. The number of hydrogen-bond acceptors (Lipinski definition) is 3. The largest absolute Gasteiger partial charge is 0.325 e. The molecule has 1 heterocycles. The van der Waals surface area contributed by atoms with E-state index < -0.39 is 0 Å². The van der Waals surface area contributed by atoms with Crippen LogP contribution in [-0.4, -0.2) is 15.5 Å². The summed E-state index contributed by atoms with van der Waals surface area (Å²) < 4.78 is 0. The molecule has 1 aliphatic carbocycles. The van der Waals surface area contributed by atoms with Gasteiger partial charge in [-0.3, -0.25) is 4.79 Å². The van der Waals surface area contributed by atoms with Crippen LogP contribution in [0.3, 0.4) is 0 Å². The van der Waals surface area contributed by atoms with E-state index in [2.05, 4.69) is 9.97 Å². The number of nitrogens with one attached hydrogen (secondary N) is 1. The Kier molecular flexibility index (Phi) is 2.86. The van der Waals surface area contributed by atoms with Crippen molar-refractivity contribution in [2.75, 3.05) is 0 Å². The molecule has 0 saturated heterocycles. The Bertz CT molecular complexity index is 466. The van der Waals surface area contributed by atoms with Gasteiger partial charge in [0.05, 0.1) is 0 Å². The third-order valence-corrected chi connectivity index (χ3v) is 3.37. The lowest BCUT2D eigenvalue weighted by molar-refractivity contribution is 0.538. The van der Waals surface area contributed by atoms with E-state index in [0.29, 0.717) is 0 Å². The molecule has 0 atom stereocenters. The Labute approximate surface area is 102 Å². The fraction of sp³-hybridized carbons (Fsp3) is 0.692. The third-order valence-electron chi connectivity index (χ3n) is 3.37. The quantitative estimate of drug-likeness (QED) is 0.833. The van der Waals surface area contributed by atoms with Gasteiger partial charge in [-0.05, 0) is 25.7 Å². The van der Waals surface area contributed by atoms with Crippen molar-refractivity contribution < 1.29 is 0 Å². The van der Waals surface area contributed by atoms with Crippen LogP contribution in [0.1, 0.15) is 51.4 Å². The molecule has 0 aliphatic heterocycles. The highest BCUT2D eigenvalue weighted by atomic mass is 16.1. The summed E-state index contributed by atoms with van der Waals surface area (Å²) >= 11 is 0. The normalized spacial score (nSPS) is 18.1. The maximum Gasteiger partial charge on any atom is 0.254 e. The van der Waals surface area contributed by atoms with Crippen LogP contribution in [0.2, 0.25) is 0 Å². The standard InChI is InChI=1S/C13H21N3O/c1-12(2,3)11-15-8-9(10(17)16-11)4-5-13(14)6-7-13/h8H,4-7,14H2,1-3H3,(H,15,16,17). The number of H-pyrrole nitrogens is 1. The van der Waals surface area contributed by atoms with E-state index in [0.717, 1.165) is 37.1 Å². The second kappa shape index (κ2) is 3.95. The molecule has 1 aromatic heterocycles. The Morgan fingerprint density at radius 1 is 1.47 bits per heavy atom. The second-order valence-corrected chi connectivity index (χ2v) is 6.20. The number of hydrogen-bond donors (Lipinski definition) is 2. The summed E-state index contributed by atoms with van der Waals surface area (Å²) in [6, 6.07) is 0. The SMILES string of the molecule is CC(C)(C)c1ncc(CCC2(N)CC2)c(=O)[nH]1. The Hall–Kier alpha value is -1.16. The van der Waals surface area contributed by atoms with Crippen LogP contribution >= 0.6 is 0 Å². The summed E-state index contributed by atoms with van der Waals surface area (Å²) in [6.07, 6.45) is 5.47. The van der Waals surface area contributed by atoms with E-state index in [-0.39, 0.29) is 16.5 Å². The number of aryl methyl sites for hydroxylation is 1. The fourth-order valence-corrected chi connectivity index (χ4v) is 1.77. The molecule has 94 valence electrons. The van der Waals surface area contributed by atoms with Gasteiger partial charge in [-0.15, -0.1) is 0 Å². The second-order valence-electron chi connectivity index (χ2n) is 6.20. The van der Waals surface area contributed by atoms with Crippen molar-refractivity contribution in [3.8, 4) is 0 Å². The molecule has 4 heteroatoms. The molecular formula is C13H21N3O. The summed E-state index contributed by atoms with van der Waals surface area (Å²) in [5, 5.41) is 0. The molecule has 17 heavy (non-hydrogen) atoms. The minimum absolute atomic E-state index is 0.00482. The van der Waals surface area contributed by atoms with E-state index in [1.807, 2.05) is 20.8 Å². The first kappa shape index (κ1) is 12.3. The van der Waals surface area contributed by atoms with Crippen molar-refractivity contribution in [3.63, 3.8) is 0 Å². The first-order valence-electron chi connectivity index (χ1n) is 6.18. The summed E-state index contributed by atoms with van der Waals surface area (Å²) in [6.45, 7) is 6.10. The molecule has 0 unspecified atom stereocenters. The minimum Gasteiger partial charge on any atom is -0.325 e. The number of rotatable bonds is 3. The van der Waals surface area contributed by atoms with Crippen molar-refractivity contribution >= 4 is 0 Å². The van der Waals surface area contributed by atoms with Gasteiger partial charge in [0.2, 0.25) is 0 Å². The first-order chi connectivity index (χ1) is 7.80. The lowest BCUT2D eigenvalue weighted by Gasteiger charge is -2.17. The molecule has 0 bridgehead atoms. The van der Waals surface area contributed by atoms with E-state index in [1.165, 1.54) is 0 Å². The van der Waals surface area contributed by atoms with Crippen molar-refractivity contribution in [3.05, 3.63) is 27.9 Å². The van der Waals surface area contributed by atoms with Crippen LogP contribution in [0.15, 0.2) is 11.0 Å². The van der Waals surface area contributed by atoms with E-state index in [1.54, 1.807) is 6.20 Å². The lowest BCUT2D eigenvalue weighted by atomic mass is 9.95. The molecule has 2 rings (SSSR count). The van der Waals surface area contributed by atoms with Gasteiger partial charge >= 0.3 is 0 Å². The highest BCUT2D eigenvalue weighted by Gasteiger charge is 2.37. The van der Waals surface area contributed by atoms with Crippen LogP contribution in [0.4, 0.5) is 0 Å². The van der Waals surface area contributed by atoms with Crippen LogP contribution in [0, 0.1) is 0 Å². The van der Waals surface area contributed by atoms with Gasteiger partial charge in [-0.1, -0.05) is 20.8 Å². The van der Waals surface area contributed by atoms with Gasteiger partial charge in [0, 0.05) is 22.7 Å². The predicted molar refractivity (Wildman–Crippen MR) is 68.0 cm³/mol. The smallest absolute Gasteiger partial charge is 0.254 e. The third kappa shape index (κ3) is 2.94. The van der Waals surface area contributed by atoms with Gasteiger partial charge in [0.1, 0.15) is 5.82 Å². The van der Waals surface area contributed by atoms with Crippen molar-refractivity contribution in [2.24, 2.45) is 5.73 Å². The molecule has 1 fully saturated rings. The summed E-state index contributed by atoms with van der Waals surface area (Å²) in [7, 11) is 0. The van der Waals surface area contributed by atoms with E-state index in [9.17, 15) is 4.79 Å². The van der Waals surface area contributed by atoms with Gasteiger partial charge in [-0.25, -0.2) is 4.98 Å². The van der Waals surface area contributed by atoms with Gasteiger partial charge in [-0.2, -0.15) is 0 Å². The van der Waals surface area contributed by atoms with E-state index in [4.69, 9.17) is 5.73 Å².